The molecule has 0 aliphatic carbocycles. The molecule has 0 heterocycles. The Morgan fingerprint density at radius 2 is 1.93 bits per heavy atom. The molecule has 1 N–H and O–H groups in total. The Labute approximate surface area is 87.9 Å². The van der Waals surface area contributed by atoms with Crippen molar-refractivity contribution in [3.63, 3.8) is 0 Å². The summed E-state index contributed by atoms with van der Waals surface area (Å²) in [4.78, 5) is 4.65. The molecule has 4 nitrogen and oxygen atoms in total. The summed E-state index contributed by atoms with van der Waals surface area (Å²) in [7, 11) is 4.42. The molecule has 0 aliphatic heterocycles. The van der Waals surface area contributed by atoms with E-state index in [9.17, 15) is 4.39 Å². The van der Waals surface area contributed by atoms with E-state index >= 15 is 0 Å². The zero-order chi connectivity index (χ0) is 11.3. The van der Waals surface area contributed by atoms with Crippen LogP contribution >= 0.6 is 0 Å². The summed E-state index contributed by atoms with van der Waals surface area (Å²) in [6.07, 6.45) is 0. The third kappa shape index (κ3) is 2.81. The minimum atomic E-state index is -0.393. The van der Waals surface area contributed by atoms with Crippen molar-refractivity contribution in [2.24, 2.45) is 0 Å². The molecule has 0 aliphatic rings. The molecule has 0 bridgehead atoms. The topological polar surface area (TPSA) is 39.7 Å². The van der Waals surface area contributed by atoms with E-state index in [1.165, 1.54) is 27.4 Å². The Bertz CT molecular complexity index is 331. The summed E-state index contributed by atoms with van der Waals surface area (Å²) in [6, 6.07) is 2.92. The van der Waals surface area contributed by atoms with Gasteiger partial charge in [-0.1, -0.05) is 0 Å². The Balaban J connectivity index is 3.01. The highest BCUT2D eigenvalue weighted by Crippen LogP contribution is 2.27. The third-order valence-electron chi connectivity index (χ3n) is 1.98. The van der Waals surface area contributed by atoms with E-state index in [0.29, 0.717) is 17.1 Å². The molecule has 0 saturated carbocycles. The summed E-state index contributed by atoms with van der Waals surface area (Å²) < 4.78 is 23.5. The van der Waals surface area contributed by atoms with Gasteiger partial charge in [-0.3, -0.25) is 0 Å². The maximum Gasteiger partial charge on any atom is 0.135 e. The van der Waals surface area contributed by atoms with Crippen LogP contribution < -0.4 is 15.0 Å². The molecule has 0 atom stereocenters. The molecule has 0 aromatic heterocycles. The molecule has 1 aromatic carbocycles. The van der Waals surface area contributed by atoms with E-state index in [1.807, 2.05) is 0 Å². The highest BCUT2D eigenvalue weighted by molar-refractivity contribution is 5.41. The van der Waals surface area contributed by atoms with Crippen molar-refractivity contribution < 1.29 is 18.7 Å². The van der Waals surface area contributed by atoms with E-state index < -0.39 is 5.82 Å². The van der Waals surface area contributed by atoms with Gasteiger partial charge in [0.05, 0.1) is 27.9 Å². The molecule has 0 saturated heterocycles. The van der Waals surface area contributed by atoms with Crippen molar-refractivity contribution in [2.75, 3.05) is 21.3 Å². The zero-order valence-corrected chi connectivity index (χ0v) is 8.96. The second-order valence-electron chi connectivity index (χ2n) is 2.82. The molecule has 0 unspecified atom stereocenters. The van der Waals surface area contributed by atoms with E-state index in [0.717, 1.165) is 0 Å². The first-order chi connectivity index (χ1) is 7.22. The largest absolute Gasteiger partial charge is 0.497 e. The SMILES string of the molecule is CONCc1c(F)cc(OC)cc1OC. The number of hydrogen-bond donors (Lipinski definition) is 1. The monoisotopic (exact) mass is 215 g/mol. The van der Waals surface area contributed by atoms with Gasteiger partial charge in [-0.25, -0.2) is 4.39 Å². The second-order valence-corrected chi connectivity index (χ2v) is 2.82. The van der Waals surface area contributed by atoms with Crippen molar-refractivity contribution in [3.8, 4) is 11.5 Å². The van der Waals surface area contributed by atoms with Gasteiger partial charge in [-0.15, -0.1) is 0 Å². The third-order valence-corrected chi connectivity index (χ3v) is 1.98. The van der Waals surface area contributed by atoms with Gasteiger partial charge in [0.2, 0.25) is 0 Å². The Morgan fingerprint density at radius 3 is 2.47 bits per heavy atom. The van der Waals surface area contributed by atoms with Crippen LogP contribution in [0.4, 0.5) is 4.39 Å². The number of halogens is 1. The van der Waals surface area contributed by atoms with Gasteiger partial charge in [0.25, 0.3) is 0 Å². The fraction of sp³-hybridized carbons (Fsp3) is 0.400. The van der Waals surface area contributed by atoms with Crippen LogP contribution in [0.25, 0.3) is 0 Å². The molecule has 5 heteroatoms. The molecular weight excluding hydrogens is 201 g/mol. The van der Waals surface area contributed by atoms with Gasteiger partial charge in [-0.05, 0) is 0 Å². The smallest absolute Gasteiger partial charge is 0.135 e. The lowest BCUT2D eigenvalue weighted by Crippen LogP contribution is -2.13. The van der Waals surface area contributed by atoms with E-state index in [-0.39, 0.29) is 6.54 Å². The lowest BCUT2D eigenvalue weighted by atomic mass is 10.2. The van der Waals surface area contributed by atoms with Crippen molar-refractivity contribution in [3.05, 3.63) is 23.5 Å². The number of hydrogen-bond acceptors (Lipinski definition) is 4. The van der Waals surface area contributed by atoms with Gasteiger partial charge in [0, 0.05) is 17.7 Å². The number of hydroxylamine groups is 1. The van der Waals surface area contributed by atoms with Gasteiger partial charge >= 0.3 is 0 Å². The van der Waals surface area contributed by atoms with Crippen molar-refractivity contribution in [2.45, 2.75) is 6.54 Å². The number of nitrogens with one attached hydrogen (secondary N) is 1. The minimum Gasteiger partial charge on any atom is -0.497 e. The van der Waals surface area contributed by atoms with Crippen LogP contribution in [0.1, 0.15) is 5.56 Å². The highest BCUT2D eigenvalue weighted by Gasteiger charge is 2.11. The summed E-state index contributed by atoms with van der Waals surface area (Å²) >= 11 is 0. The number of methoxy groups -OCH3 is 2. The molecular formula is C10H14FNO3. The van der Waals surface area contributed by atoms with Gasteiger partial charge in [0.15, 0.2) is 0 Å². The normalized spacial score (nSPS) is 10.1. The molecule has 0 radical (unpaired) electrons. The predicted octanol–water partition coefficient (Wildman–Crippen LogP) is 1.49. The average Bonchev–Trinajstić information content (AvgIpc) is 2.26. The van der Waals surface area contributed by atoms with Crippen LogP contribution in [0.15, 0.2) is 12.1 Å². The quantitative estimate of drug-likeness (QED) is 0.755. The van der Waals surface area contributed by atoms with E-state index in [2.05, 4.69) is 10.3 Å². The second kappa shape index (κ2) is 5.53. The summed E-state index contributed by atoms with van der Waals surface area (Å²) in [5.74, 6) is 0.456. The molecule has 0 spiro atoms. The minimum absolute atomic E-state index is 0.232. The molecule has 0 amide bonds. The summed E-state index contributed by atoms with van der Waals surface area (Å²) in [5, 5.41) is 0. The standard InChI is InChI=1S/C10H14FNO3/c1-13-7-4-9(11)8(6-12-15-3)10(5-7)14-2/h4-5,12H,6H2,1-3H3. The first-order valence-corrected chi connectivity index (χ1v) is 4.39. The molecule has 0 fully saturated rings. The van der Waals surface area contributed by atoms with Crippen molar-refractivity contribution in [1.29, 1.82) is 0 Å². The van der Waals surface area contributed by atoms with Gasteiger partial charge in [0.1, 0.15) is 17.3 Å². The van der Waals surface area contributed by atoms with Gasteiger partial charge < -0.3 is 14.3 Å². The van der Waals surface area contributed by atoms with Gasteiger partial charge in [-0.2, -0.15) is 5.48 Å². The predicted molar refractivity (Wildman–Crippen MR) is 53.4 cm³/mol. The fourth-order valence-electron chi connectivity index (χ4n) is 1.20. The summed E-state index contributed by atoms with van der Waals surface area (Å²) in [5.41, 5.74) is 2.96. The van der Waals surface area contributed by atoms with Crippen LogP contribution in [0, 0.1) is 5.82 Å². The van der Waals surface area contributed by atoms with Crippen molar-refractivity contribution in [1.82, 2.24) is 5.48 Å². The Morgan fingerprint density at radius 1 is 1.20 bits per heavy atom. The molecule has 1 aromatic rings. The highest BCUT2D eigenvalue weighted by atomic mass is 19.1. The molecule has 1 rings (SSSR count). The van der Waals surface area contributed by atoms with Crippen LogP contribution in [-0.4, -0.2) is 21.3 Å². The summed E-state index contributed by atoms with van der Waals surface area (Å²) in [6.45, 7) is 0.232. The first kappa shape index (κ1) is 11.7. The first-order valence-electron chi connectivity index (χ1n) is 4.39. The molecule has 15 heavy (non-hydrogen) atoms. The maximum atomic E-state index is 13.6. The van der Waals surface area contributed by atoms with Crippen LogP contribution in [0.5, 0.6) is 11.5 Å². The van der Waals surface area contributed by atoms with E-state index in [4.69, 9.17) is 9.47 Å². The number of rotatable bonds is 5. The zero-order valence-electron chi connectivity index (χ0n) is 8.96. The lowest BCUT2D eigenvalue weighted by molar-refractivity contribution is 0.0852. The van der Waals surface area contributed by atoms with Crippen molar-refractivity contribution >= 4 is 0 Å². The average molecular weight is 215 g/mol. The molecule has 84 valence electrons. The van der Waals surface area contributed by atoms with Crippen LogP contribution in [0.3, 0.4) is 0 Å². The van der Waals surface area contributed by atoms with Crippen LogP contribution in [-0.2, 0) is 11.4 Å². The lowest BCUT2D eigenvalue weighted by Gasteiger charge is -2.11. The fourth-order valence-corrected chi connectivity index (χ4v) is 1.20. The van der Waals surface area contributed by atoms with Crippen LogP contribution in [0.2, 0.25) is 0 Å². The Kier molecular flexibility index (Phi) is 4.33. The number of ether oxygens (including phenoxy) is 2. The Hall–Kier alpha value is -1.33. The maximum absolute atomic E-state index is 13.6. The van der Waals surface area contributed by atoms with E-state index in [1.54, 1.807) is 6.07 Å². The number of benzene rings is 1.